The van der Waals surface area contributed by atoms with E-state index < -0.39 is 0 Å². The summed E-state index contributed by atoms with van der Waals surface area (Å²) < 4.78 is 0. The molecule has 0 saturated carbocycles. The number of hydrogen-bond acceptors (Lipinski definition) is 3. The zero-order valence-electron chi connectivity index (χ0n) is 24.4. The molecule has 0 aliphatic carbocycles. The molecule has 2 aliphatic rings. The molecule has 0 unspecified atom stereocenters. The fraction of sp³-hybridized carbons (Fsp3) is 0. The summed E-state index contributed by atoms with van der Waals surface area (Å²) in [4.78, 5) is 10.5. The first-order chi connectivity index (χ1) is 22.3. The Morgan fingerprint density at radius 3 is 1.73 bits per heavy atom. The maximum Gasteiger partial charge on any atom is 0.247 e. The molecule has 6 aromatic carbocycles. The molecule has 2 aliphatic heterocycles. The van der Waals surface area contributed by atoms with E-state index >= 15 is 0 Å². The van der Waals surface area contributed by atoms with Crippen molar-refractivity contribution in [1.82, 2.24) is 4.98 Å². The molecule has 210 valence electrons. The van der Waals surface area contributed by atoms with Gasteiger partial charge in [0, 0.05) is 30.7 Å². The van der Waals surface area contributed by atoms with E-state index in [-0.39, 0.29) is 6.71 Å². The van der Waals surface area contributed by atoms with Gasteiger partial charge >= 0.3 is 0 Å². The second kappa shape index (κ2) is 11.0. The Kier molecular flexibility index (Phi) is 6.50. The van der Waals surface area contributed by atoms with Crippen LogP contribution in [0.2, 0.25) is 0 Å². The maximum atomic E-state index is 5.20. The minimum absolute atomic E-state index is 0.161. The van der Waals surface area contributed by atoms with Crippen molar-refractivity contribution in [2.24, 2.45) is 0 Å². The third kappa shape index (κ3) is 4.64. The Labute approximate surface area is 272 Å². The summed E-state index contributed by atoms with van der Waals surface area (Å²) in [5.41, 5.74) is 13.5. The Morgan fingerprint density at radius 1 is 0.400 bits per heavy atom. The van der Waals surface area contributed by atoms with Gasteiger partial charge in [-0.1, -0.05) is 162 Å². The van der Waals surface area contributed by atoms with E-state index in [1.165, 1.54) is 63.8 Å². The van der Waals surface area contributed by atoms with Gasteiger partial charge in [0.15, 0.2) is 0 Å². The molecule has 0 bridgehead atoms. The monoisotopic (exact) mass is 607 g/mol. The molecule has 0 atom stereocenters. The fourth-order valence-electron chi connectivity index (χ4n) is 6.68. The largest absolute Gasteiger partial charge is 0.248 e. The summed E-state index contributed by atoms with van der Waals surface area (Å²) in [7, 11) is 0. The van der Waals surface area contributed by atoms with Gasteiger partial charge < -0.3 is 0 Å². The first-order valence-corrected chi connectivity index (χ1v) is 16.9. The molecule has 0 saturated heterocycles. The SMILES string of the molecule is c1ccc(-c2ccc3c(c2)Sc2cc(-c4ccccc4)cc4c2B3c2cccc(-c3cccc(-c5ccccc5)n3)c2S4)cc1. The van der Waals surface area contributed by atoms with E-state index in [0.717, 1.165) is 17.0 Å². The number of benzene rings is 6. The summed E-state index contributed by atoms with van der Waals surface area (Å²) >= 11 is 3.82. The van der Waals surface area contributed by atoms with Crippen LogP contribution in [0.5, 0.6) is 0 Å². The number of fused-ring (bicyclic) bond motifs is 4. The molecule has 7 aromatic rings. The average Bonchev–Trinajstić information content (AvgIpc) is 3.12. The molecule has 0 fully saturated rings. The number of aromatic nitrogens is 1. The van der Waals surface area contributed by atoms with Crippen molar-refractivity contribution in [3.05, 3.63) is 158 Å². The van der Waals surface area contributed by atoms with Crippen LogP contribution >= 0.6 is 23.5 Å². The van der Waals surface area contributed by atoms with Crippen molar-refractivity contribution in [3.8, 4) is 44.8 Å². The van der Waals surface area contributed by atoms with Crippen LogP contribution in [0.3, 0.4) is 0 Å². The van der Waals surface area contributed by atoms with Gasteiger partial charge in [-0.15, -0.1) is 0 Å². The van der Waals surface area contributed by atoms with Crippen molar-refractivity contribution in [2.45, 2.75) is 19.6 Å². The predicted molar refractivity (Wildman–Crippen MR) is 192 cm³/mol. The zero-order valence-corrected chi connectivity index (χ0v) is 26.0. The van der Waals surface area contributed by atoms with E-state index in [2.05, 4.69) is 158 Å². The number of rotatable bonds is 4. The average molecular weight is 608 g/mol. The summed E-state index contributed by atoms with van der Waals surface area (Å²) in [5, 5.41) is 0. The quantitative estimate of drug-likeness (QED) is 0.185. The van der Waals surface area contributed by atoms with Gasteiger partial charge in [-0.3, -0.25) is 0 Å². The topological polar surface area (TPSA) is 12.9 Å². The number of pyridine rings is 1. The van der Waals surface area contributed by atoms with Crippen LogP contribution in [0.15, 0.2) is 177 Å². The first kappa shape index (κ1) is 26.6. The third-order valence-corrected chi connectivity index (χ3v) is 11.2. The summed E-state index contributed by atoms with van der Waals surface area (Å²) in [5.74, 6) is 0. The summed E-state index contributed by atoms with van der Waals surface area (Å²) in [6, 6.07) is 57.0. The summed E-state index contributed by atoms with van der Waals surface area (Å²) in [6.45, 7) is 0.161. The van der Waals surface area contributed by atoms with Crippen molar-refractivity contribution in [3.63, 3.8) is 0 Å². The van der Waals surface area contributed by atoms with Crippen LogP contribution in [-0.2, 0) is 0 Å². The fourth-order valence-corrected chi connectivity index (χ4v) is 9.33. The number of nitrogens with zero attached hydrogens (tertiary/aromatic N) is 1. The molecule has 1 nitrogen and oxygen atoms in total. The van der Waals surface area contributed by atoms with E-state index in [0.29, 0.717) is 0 Å². The third-order valence-electron chi connectivity index (χ3n) is 8.81. The Balaban J connectivity index is 1.25. The van der Waals surface area contributed by atoms with Gasteiger partial charge in [-0.25, -0.2) is 4.98 Å². The molecule has 1 aromatic heterocycles. The minimum Gasteiger partial charge on any atom is -0.248 e. The second-order valence-corrected chi connectivity index (χ2v) is 13.6. The lowest BCUT2D eigenvalue weighted by molar-refractivity contribution is 1.29. The van der Waals surface area contributed by atoms with E-state index in [1.54, 1.807) is 0 Å². The van der Waals surface area contributed by atoms with Crippen LogP contribution in [0.4, 0.5) is 0 Å². The van der Waals surface area contributed by atoms with Gasteiger partial charge in [-0.05, 0) is 58.0 Å². The predicted octanol–water partition coefficient (Wildman–Crippen LogP) is 9.20. The van der Waals surface area contributed by atoms with Gasteiger partial charge in [0.1, 0.15) is 0 Å². The molecule has 0 spiro atoms. The Bertz CT molecular complexity index is 2220. The van der Waals surface area contributed by atoms with Crippen molar-refractivity contribution in [1.29, 1.82) is 0 Å². The highest BCUT2D eigenvalue weighted by Crippen LogP contribution is 2.44. The van der Waals surface area contributed by atoms with Gasteiger partial charge in [-0.2, -0.15) is 0 Å². The normalized spacial score (nSPS) is 12.7. The lowest BCUT2D eigenvalue weighted by Gasteiger charge is -2.34. The van der Waals surface area contributed by atoms with E-state index in [1.807, 2.05) is 23.5 Å². The van der Waals surface area contributed by atoms with Crippen LogP contribution in [0.1, 0.15) is 0 Å². The van der Waals surface area contributed by atoms with E-state index in [4.69, 9.17) is 4.98 Å². The molecule has 0 N–H and O–H groups in total. The molecular weight excluding hydrogens is 581 g/mol. The lowest BCUT2D eigenvalue weighted by atomic mass is 9.36. The second-order valence-electron chi connectivity index (χ2n) is 11.5. The maximum absolute atomic E-state index is 5.20. The molecule has 0 radical (unpaired) electrons. The molecule has 3 heterocycles. The highest BCUT2D eigenvalue weighted by atomic mass is 32.2. The molecular formula is C41H26BNS2. The first-order valence-electron chi connectivity index (χ1n) is 15.2. The van der Waals surface area contributed by atoms with Crippen LogP contribution < -0.4 is 16.4 Å². The van der Waals surface area contributed by atoms with Gasteiger partial charge in [0.2, 0.25) is 6.71 Å². The van der Waals surface area contributed by atoms with Crippen molar-refractivity contribution >= 4 is 46.6 Å². The van der Waals surface area contributed by atoms with Crippen LogP contribution in [0, 0.1) is 0 Å². The van der Waals surface area contributed by atoms with Crippen LogP contribution in [-0.4, -0.2) is 11.7 Å². The molecule has 4 heteroatoms. The smallest absolute Gasteiger partial charge is 0.247 e. The van der Waals surface area contributed by atoms with E-state index in [9.17, 15) is 0 Å². The Morgan fingerprint density at radius 2 is 1.00 bits per heavy atom. The highest BCUT2D eigenvalue weighted by molar-refractivity contribution is 8.01. The van der Waals surface area contributed by atoms with Crippen LogP contribution in [0.25, 0.3) is 44.8 Å². The standard InChI is InChI=1S/C41H26BNS2/c1-4-12-27(13-5-1)30-22-23-33-37(24-30)44-38-25-31(28-14-6-2-7-15-28)26-39-40(38)42(33)34-19-10-18-32(41(34)45-39)36-21-11-20-35(43-36)29-16-8-3-9-17-29/h1-26H. The highest BCUT2D eigenvalue weighted by Gasteiger charge is 2.39. The minimum atomic E-state index is 0.161. The van der Waals surface area contributed by atoms with Gasteiger partial charge in [0.25, 0.3) is 0 Å². The van der Waals surface area contributed by atoms with Gasteiger partial charge in [0.05, 0.1) is 11.4 Å². The Hall–Kier alpha value is -4.77. The molecule has 0 amide bonds. The number of hydrogen-bond donors (Lipinski definition) is 0. The van der Waals surface area contributed by atoms with Crippen molar-refractivity contribution < 1.29 is 0 Å². The molecule has 9 rings (SSSR count). The zero-order chi connectivity index (χ0) is 29.7. The van der Waals surface area contributed by atoms with Crippen molar-refractivity contribution in [2.75, 3.05) is 0 Å². The summed E-state index contributed by atoms with van der Waals surface area (Å²) in [6.07, 6.45) is 0. The lowest BCUT2D eigenvalue weighted by Crippen LogP contribution is -2.58. The molecule has 45 heavy (non-hydrogen) atoms.